The summed E-state index contributed by atoms with van der Waals surface area (Å²) in [6, 6.07) is 0. The summed E-state index contributed by atoms with van der Waals surface area (Å²) in [5, 5.41) is 1.19. The van der Waals surface area contributed by atoms with Crippen molar-refractivity contribution in [2.24, 2.45) is 11.8 Å². The Kier molecular flexibility index (Phi) is 4.35. The highest BCUT2D eigenvalue weighted by atomic mass is 79.9. The van der Waals surface area contributed by atoms with Gasteiger partial charge in [0.2, 0.25) is 0 Å². The molecule has 0 aromatic rings. The van der Waals surface area contributed by atoms with E-state index in [0.717, 1.165) is 11.8 Å². The van der Waals surface area contributed by atoms with Gasteiger partial charge >= 0.3 is 0 Å². The third-order valence-corrected chi connectivity index (χ3v) is 6.52. The predicted octanol–water partition coefficient (Wildman–Crippen LogP) is 5.07. The van der Waals surface area contributed by atoms with Gasteiger partial charge in [0, 0.05) is 5.33 Å². The lowest BCUT2D eigenvalue weighted by Crippen LogP contribution is -2.27. The lowest BCUT2D eigenvalue weighted by atomic mass is 9.87. The van der Waals surface area contributed by atoms with Gasteiger partial charge in [-0.3, -0.25) is 0 Å². The molecule has 0 bridgehead atoms. The highest BCUT2D eigenvalue weighted by molar-refractivity contribution is 9.09. The standard InChI is InChI=1S/C16H27BrO/c17-12-14(13-5-1-2-6-13)11-15-7-10-16(18-15)8-3-4-9-16/h13-15H,1-12H2. The van der Waals surface area contributed by atoms with Crippen LogP contribution in [0.1, 0.15) is 70.6 Å². The molecule has 0 aromatic heterocycles. The highest BCUT2D eigenvalue weighted by Gasteiger charge is 2.43. The lowest BCUT2D eigenvalue weighted by Gasteiger charge is -2.27. The van der Waals surface area contributed by atoms with Crippen molar-refractivity contribution in [1.29, 1.82) is 0 Å². The van der Waals surface area contributed by atoms with Crippen molar-refractivity contribution < 1.29 is 4.74 Å². The molecule has 18 heavy (non-hydrogen) atoms. The van der Waals surface area contributed by atoms with Gasteiger partial charge in [-0.15, -0.1) is 0 Å². The Morgan fingerprint density at radius 1 is 1.00 bits per heavy atom. The molecule has 0 amide bonds. The van der Waals surface area contributed by atoms with E-state index in [1.165, 1.54) is 76.0 Å². The summed E-state index contributed by atoms with van der Waals surface area (Å²) in [6.45, 7) is 0. The van der Waals surface area contributed by atoms with Crippen LogP contribution in [0, 0.1) is 11.8 Å². The van der Waals surface area contributed by atoms with Crippen LogP contribution in [0.3, 0.4) is 0 Å². The Labute approximate surface area is 120 Å². The van der Waals surface area contributed by atoms with Gasteiger partial charge in [0.1, 0.15) is 0 Å². The van der Waals surface area contributed by atoms with Crippen LogP contribution in [0.15, 0.2) is 0 Å². The smallest absolute Gasteiger partial charge is 0.0687 e. The third kappa shape index (κ3) is 2.80. The summed E-state index contributed by atoms with van der Waals surface area (Å²) in [5.41, 5.74) is 0.331. The zero-order chi connectivity index (χ0) is 12.4. The molecule has 1 nitrogen and oxygen atoms in total. The molecule has 2 atom stereocenters. The molecule has 2 aliphatic carbocycles. The second kappa shape index (κ2) is 5.83. The third-order valence-electron chi connectivity index (χ3n) is 5.68. The summed E-state index contributed by atoms with van der Waals surface area (Å²) in [6.07, 6.45) is 15.9. The number of rotatable bonds is 4. The van der Waals surface area contributed by atoms with Crippen LogP contribution in [-0.4, -0.2) is 17.0 Å². The Morgan fingerprint density at radius 2 is 1.72 bits per heavy atom. The van der Waals surface area contributed by atoms with Crippen LogP contribution in [0.5, 0.6) is 0 Å². The average Bonchev–Trinajstić information content (AvgIpc) is 3.10. The fraction of sp³-hybridized carbons (Fsp3) is 1.00. The normalized spacial score (nSPS) is 33.5. The van der Waals surface area contributed by atoms with Crippen LogP contribution >= 0.6 is 15.9 Å². The molecule has 2 saturated carbocycles. The van der Waals surface area contributed by atoms with Crippen LogP contribution in [0.2, 0.25) is 0 Å². The monoisotopic (exact) mass is 314 g/mol. The van der Waals surface area contributed by atoms with Crippen molar-refractivity contribution >= 4 is 15.9 Å². The van der Waals surface area contributed by atoms with Crippen molar-refractivity contribution in [2.75, 3.05) is 5.33 Å². The number of hydrogen-bond acceptors (Lipinski definition) is 1. The quantitative estimate of drug-likeness (QED) is 0.658. The SMILES string of the molecule is BrCC(CC1CCC2(CCCC2)O1)C1CCCC1. The van der Waals surface area contributed by atoms with E-state index in [2.05, 4.69) is 15.9 Å². The van der Waals surface area contributed by atoms with E-state index in [9.17, 15) is 0 Å². The summed E-state index contributed by atoms with van der Waals surface area (Å²) in [7, 11) is 0. The zero-order valence-corrected chi connectivity index (χ0v) is 13.1. The predicted molar refractivity (Wildman–Crippen MR) is 79.2 cm³/mol. The average molecular weight is 315 g/mol. The van der Waals surface area contributed by atoms with E-state index < -0.39 is 0 Å². The zero-order valence-electron chi connectivity index (χ0n) is 11.5. The molecule has 1 spiro atoms. The topological polar surface area (TPSA) is 9.23 Å². The largest absolute Gasteiger partial charge is 0.372 e. The minimum absolute atomic E-state index is 0.331. The molecular formula is C16H27BrO. The first-order valence-corrected chi connectivity index (χ1v) is 9.17. The molecule has 1 aliphatic heterocycles. The van der Waals surface area contributed by atoms with Crippen LogP contribution in [0.4, 0.5) is 0 Å². The molecule has 3 rings (SSSR count). The molecule has 0 radical (unpaired) electrons. The molecule has 104 valence electrons. The molecule has 3 fully saturated rings. The van der Waals surface area contributed by atoms with Gasteiger partial charge in [0.15, 0.2) is 0 Å². The van der Waals surface area contributed by atoms with E-state index in [4.69, 9.17) is 4.74 Å². The number of halogens is 1. The summed E-state index contributed by atoms with van der Waals surface area (Å²) < 4.78 is 6.48. The van der Waals surface area contributed by atoms with Gasteiger partial charge in [-0.1, -0.05) is 54.5 Å². The number of alkyl halides is 1. The molecule has 2 unspecified atom stereocenters. The van der Waals surface area contributed by atoms with E-state index >= 15 is 0 Å². The maximum absolute atomic E-state index is 6.48. The van der Waals surface area contributed by atoms with Gasteiger partial charge in [0.25, 0.3) is 0 Å². The Morgan fingerprint density at radius 3 is 2.39 bits per heavy atom. The van der Waals surface area contributed by atoms with E-state index in [1.54, 1.807) is 0 Å². The summed E-state index contributed by atoms with van der Waals surface area (Å²) >= 11 is 3.75. The second-order valence-corrected chi connectivity index (χ2v) is 7.51. The molecule has 0 N–H and O–H groups in total. The lowest BCUT2D eigenvalue weighted by molar-refractivity contribution is -0.0455. The van der Waals surface area contributed by atoms with Crippen LogP contribution in [0.25, 0.3) is 0 Å². The molecule has 1 heterocycles. The van der Waals surface area contributed by atoms with Gasteiger partial charge in [-0.25, -0.2) is 0 Å². The maximum Gasteiger partial charge on any atom is 0.0687 e. The first kappa shape index (κ1) is 13.4. The Bertz CT molecular complexity index is 266. The fourth-order valence-electron chi connectivity index (χ4n) is 4.60. The summed E-state index contributed by atoms with van der Waals surface area (Å²) in [5.74, 6) is 1.85. The van der Waals surface area contributed by atoms with Crippen molar-refractivity contribution in [3.63, 3.8) is 0 Å². The maximum atomic E-state index is 6.48. The first-order valence-electron chi connectivity index (χ1n) is 8.05. The fourth-order valence-corrected chi connectivity index (χ4v) is 5.39. The van der Waals surface area contributed by atoms with Gasteiger partial charge in [0.05, 0.1) is 11.7 Å². The molecule has 3 aliphatic rings. The molecule has 0 aromatic carbocycles. The number of hydrogen-bond donors (Lipinski definition) is 0. The molecule has 2 heteroatoms. The van der Waals surface area contributed by atoms with Crippen LogP contribution < -0.4 is 0 Å². The Balaban J connectivity index is 1.52. The van der Waals surface area contributed by atoms with Crippen molar-refractivity contribution in [3.8, 4) is 0 Å². The number of ether oxygens (including phenoxy) is 1. The van der Waals surface area contributed by atoms with E-state index in [0.29, 0.717) is 11.7 Å². The Hall–Kier alpha value is 0.440. The molecular weight excluding hydrogens is 288 g/mol. The second-order valence-electron chi connectivity index (χ2n) is 6.86. The first-order chi connectivity index (χ1) is 8.81. The summed E-state index contributed by atoms with van der Waals surface area (Å²) in [4.78, 5) is 0. The highest BCUT2D eigenvalue weighted by Crippen LogP contribution is 2.45. The van der Waals surface area contributed by atoms with E-state index in [-0.39, 0.29) is 0 Å². The molecule has 1 saturated heterocycles. The van der Waals surface area contributed by atoms with Crippen molar-refractivity contribution in [3.05, 3.63) is 0 Å². The van der Waals surface area contributed by atoms with Crippen molar-refractivity contribution in [2.45, 2.75) is 82.3 Å². The van der Waals surface area contributed by atoms with E-state index in [1.807, 2.05) is 0 Å². The minimum Gasteiger partial charge on any atom is -0.372 e. The van der Waals surface area contributed by atoms with Crippen LogP contribution in [-0.2, 0) is 4.74 Å². The van der Waals surface area contributed by atoms with Gasteiger partial charge in [-0.05, 0) is 43.9 Å². The minimum atomic E-state index is 0.331. The van der Waals surface area contributed by atoms with Gasteiger partial charge < -0.3 is 4.74 Å². The van der Waals surface area contributed by atoms with Gasteiger partial charge in [-0.2, -0.15) is 0 Å². The van der Waals surface area contributed by atoms with Crippen molar-refractivity contribution in [1.82, 2.24) is 0 Å².